The van der Waals surface area contributed by atoms with E-state index >= 15 is 0 Å². The quantitative estimate of drug-likeness (QED) is 0.535. The zero-order chi connectivity index (χ0) is 14.4. The average molecular weight is 401 g/mol. The van der Waals surface area contributed by atoms with Gasteiger partial charge in [0.25, 0.3) is 0 Å². The first-order valence-electron chi connectivity index (χ1n) is 6.72. The van der Waals surface area contributed by atoms with Crippen molar-refractivity contribution in [3.63, 3.8) is 0 Å². The van der Waals surface area contributed by atoms with Gasteiger partial charge in [0.1, 0.15) is 0 Å². The summed E-state index contributed by atoms with van der Waals surface area (Å²) in [6, 6.07) is 7.56. The highest BCUT2D eigenvalue weighted by molar-refractivity contribution is 9.12. The van der Waals surface area contributed by atoms with Gasteiger partial charge in [-0.2, -0.15) is 0 Å². The predicted octanol–water partition coefficient (Wildman–Crippen LogP) is 3.42. The molecule has 3 rings (SSSR count). The molecule has 1 aliphatic heterocycles. The van der Waals surface area contributed by atoms with Crippen molar-refractivity contribution in [2.75, 3.05) is 4.90 Å². The molecule has 0 spiro atoms. The number of halogens is 2. The summed E-state index contributed by atoms with van der Waals surface area (Å²) in [6.45, 7) is 1.93. The van der Waals surface area contributed by atoms with Crippen molar-refractivity contribution in [3.8, 4) is 0 Å². The van der Waals surface area contributed by atoms with E-state index in [4.69, 9.17) is 0 Å². The molecule has 1 saturated heterocycles. The second-order valence-corrected chi connectivity index (χ2v) is 7.87. The molecular formula is C15H15Br2NO2. The van der Waals surface area contributed by atoms with Crippen LogP contribution < -0.4 is 4.90 Å². The summed E-state index contributed by atoms with van der Waals surface area (Å²) in [7, 11) is 0. The molecule has 20 heavy (non-hydrogen) atoms. The largest absolute Gasteiger partial charge is 0.274 e. The second-order valence-electron chi connectivity index (χ2n) is 5.51. The van der Waals surface area contributed by atoms with Crippen LogP contribution >= 0.6 is 31.9 Å². The fourth-order valence-corrected chi connectivity index (χ4v) is 4.38. The summed E-state index contributed by atoms with van der Waals surface area (Å²) >= 11 is 7.20. The van der Waals surface area contributed by atoms with Crippen LogP contribution in [0.3, 0.4) is 0 Å². The van der Waals surface area contributed by atoms with Crippen LogP contribution in [0, 0.1) is 18.8 Å². The highest BCUT2D eigenvalue weighted by atomic mass is 79.9. The van der Waals surface area contributed by atoms with Crippen molar-refractivity contribution in [1.82, 2.24) is 0 Å². The lowest BCUT2D eigenvalue weighted by atomic mass is 9.81. The molecule has 1 aromatic rings. The van der Waals surface area contributed by atoms with E-state index in [9.17, 15) is 9.59 Å². The lowest BCUT2D eigenvalue weighted by Crippen LogP contribution is -2.34. The summed E-state index contributed by atoms with van der Waals surface area (Å²) in [5, 5.41) is 0. The monoisotopic (exact) mass is 399 g/mol. The molecule has 3 nitrogen and oxygen atoms in total. The zero-order valence-electron chi connectivity index (χ0n) is 11.1. The van der Waals surface area contributed by atoms with Gasteiger partial charge in [-0.15, -0.1) is 0 Å². The van der Waals surface area contributed by atoms with Crippen molar-refractivity contribution in [3.05, 3.63) is 29.8 Å². The summed E-state index contributed by atoms with van der Waals surface area (Å²) in [5.74, 6) is -0.447. The SMILES string of the molecule is Cc1ccccc1N1C(=O)[C@H]2C[C@@H](Br)[C@H](Br)C[C@H]2C1=O. The first kappa shape index (κ1) is 14.3. The number of anilines is 1. The van der Waals surface area contributed by atoms with Crippen LogP contribution in [0.1, 0.15) is 18.4 Å². The van der Waals surface area contributed by atoms with Crippen LogP contribution in [0.5, 0.6) is 0 Å². The van der Waals surface area contributed by atoms with E-state index in [-0.39, 0.29) is 33.3 Å². The summed E-state index contributed by atoms with van der Waals surface area (Å²) < 4.78 is 0. The van der Waals surface area contributed by atoms with E-state index in [2.05, 4.69) is 31.9 Å². The van der Waals surface area contributed by atoms with E-state index in [0.717, 1.165) is 11.3 Å². The summed E-state index contributed by atoms with van der Waals surface area (Å²) in [4.78, 5) is 27.1. The fourth-order valence-electron chi connectivity index (χ4n) is 3.15. The smallest absolute Gasteiger partial charge is 0.237 e. The van der Waals surface area contributed by atoms with E-state index in [1.54, 1.807) is 0 Å². The minimum absolute atomic E-state index is 0.0434. The molecule has 5 heteroatoms. The normalized spacial score (nSPS) is 33.5. The number of amides is 2. The predicted molar refractivity (Wildman–Crippen MR) is 85.3 cm³/mol. The molecule has 0 radical (unpaired) electrons. The van der Waals surface area contributed by atoms with Crippen LogP contribution in [0.25, 0.3) is 0 Å². The van der Waals surface area contributed by atoms with E-state index < -0.39 is 0 Å². The Balaban J connectivity index is 1.97. The van der Waals surface area contributed by atoms with Gasteiger partial charge >= 0.3 is 0 Å². The molecule has 1 aliphatic carbocycles. The minimum Gasteiger partial charge on any atom is -0.274 e. The van der Waals surface area contributed by atoms with Crippen molar-refractivity contribution in [2.45, 2.75) is 29.4 Å². The van der Waals surface area contributed by atoms with Gasteiger partial charge in [-0.1, -0.05) is 50.1 Å². The average Bonchev–Trinajstić information content (AvgIpc) is 2.64. The second kappa shape index (κ2) is 5.26. The van der Waals surface area contributed by atoms with Crippen molar-refractivity contribution < 1.29 is 9.59 Å². The number of rotatable bonds is 1. The lowest BCUT2D eigenvalue weighted by molar-refractivity contribution is -0.122. The Morgan fingerprint density at radius 3 is 2.00 bits per heavy atom. The lowest BCUT2D eigenvalue weighted by Gasteiger charge is -2.29. The number of fused-ring (bicyclic) bond motifs is 1. The third kappa shape index (κ3) is 2.15. The topological polar surface area (TPSA) is 37.4 Å². The highest BCUT2D eigenvalue weighted by Gasteiger charge is 2.52. The Hall–Kier alpha value is -0.680. The van der Waals surface area contributed by atoms with Crippen LogP contribution in [-0.4, -0.2) is 21.5 Å². The summed E-state index contributed by atoms with van der Waals surface area (Å²) in [5.41, 5.74) is 1.69. The number of nitrogens with zero attached hydrogens (tertiary/aromatic N) is 1. The number of imide groups is 1. The van der Waals surface area contributed by atoms with Gasteiger partial charge in [0, 0.05) is 9.65 Å². The third-order valence-electron chi connectivity index (χ3n) is 4.27. The molecule has 106 valence electrons. The van der Waals surface area contributed by atoms with E-state index in [1.165, 1.54) is 4.90 Å². The van der Waals surface area contributed by atoms with Crippen molar-refractivity contribution >= 4 is 49.4 Å². The molecular weight excluding hydrogens is 386 g/mol. The van der Waals surface area contributed by atoms with Gasteiger partial charge in [-0.25, -0.2) is 4.90 Å². The first-order chi connectivity index (χ1) is 9.50. The number of aryl methyl sites for hydroxylation is 1. The molecule has 0 bridgehead atoms. The Labute approximate surface area is 135 Å². The highest BCUT2D eigenvalue weighted by Crippen LogP contribution is 2.44. The first-order valence-corrected chi connectivity index (χ1v) is 8.55. The number of alkyl halides is 2. The molecule has 4 atom stereocenters. The summed E-state index contributed by atoms with van der Waals surface area (Å²) in [6.07, 6.45) is 1.43. The number of hydrogen-bond donors (Lipinski definition) is 0. The Bertz CT molecular complexity index is 547. The molecule has 2 aliphatic rings. The van der Waals surface area contributed by atoms with Gasteiger partial charge in [-0.05, 0) is 31.4 Å². The van der Waals surface area contributed by atoms with Gasteiger partial charge in [0.2, 0.25) is 11.8 Å². The maximum atomic E-state index is 12.6. The Morgan fingerprint density at radius 2 is 1.50 bits per heavy atom. The molecule has 2 amide bonds. The van der Waals surface area contributed by atoms with E-state index in [1.807, 2.05) is 31.2 Å². The maximum absolute atomic E-state index is 12.6. The number of hydrogen-bond acceptors (Lipinski definition) is 2. The van der Waals surface area contributed by atoms with Crippen LogP contribution in [0.2, 0.25) is 0 Å². The minimum atomic E-state index is -0.180. The zero-order valence-corrected chi connectivity index (χ0v) is 14.2. The van der Waals surface area contributed by atoms with Crippen molar-refractivity contribution in [2.24, 2.45) is 11.8 Å². The van der Waals surface area contributed by atoms with Gasteiger partial charge in [0.05, 0.1) is 17.5 Å². The molecule has 0 aromatic heterocycles. The van der Waals surface area contributed by atoms with Gasteiger partial charge in [0.15, 0.2) is 0 Å². The molecule has 2 fully saturated rings. The van der Waals surface area contributed by atoms with E-state index in [0.29, 0.717) is 12.8 Å². The number of carbonyl (C=O) groups is 2. The van der Waals surface area contributed by atoms with Crippen molar-refractivity contribution in [1.29, 1.82) is 0 Å². The number of para-hydroxylation sites is 1. The fraction of sp³-hybridized carbons (Fsp3) is 0.467. The van der Waals surface area contributed by atoms with Gasteiger partial charge in [-0.3, -0.25) is 9.59 Å². The molecule has 1 aromatic carbocycles. The van der Waals surface area contributed by atoms with Gasteiger partial charge < -0.3 is 0 Å². The maximum Gasteiger partial charge on any atom is 0.237 e. The molecule has 1 heterocycles. The molecule has 0 unspecified atom stereocenters. The van der Waals surface area contributed by atoms with Crippen LogP contribution in [0.4, 0.5) is 5.69 Å². The molecule has 0 N–H and O–H groups in total. The van der Waals surface area contributed by atoms with Crippen LogP contribution in [0.15, 0.2) is 24.3 Å². The number of benzene rings is 1. The standard InChI is InChI=1S/C15H15Br2NO2/c1-8-4-2-3-5-13(8)18-14(19)9-6-11(16)12(17)7-10(9)15(18)20/h2-5,9-12H,6-7H2,1H3/t9-,10+,11-,12-/m1/s1. The Kier molecular flexibility index (Phi) is 3.75. The Morgan fingerprint density at radius 1 is 1.00 bits per heavy atom. The third-order valence-corrected chi connectivity index (χ3v) is 7.00. The number of carbonyl (C=O) groups excluding carboxylic acids is 2. The van der Waals surface area contributed by atoms with Crippen LogP contribution in [-0.2, 0) is 9.59 Å². The molecule has 1 saturated carbocycles.